The first kappa shape index (κ1) is 16.2. The lowest BCUT2D eigenvalue weighted by Gasteiger charge is -2.04. The van der Waals surface area contributed by atoms with Gasteiger partial charge in [-0.05, 0) is 29.8 Å². The number of hydrazone groups is 1. The maximum absolute atomic E-state index is 11.6. The average Bonchev–Trinajstić information content (AvgIpc) is 2.61. The van der Waals surface area contributed by atoms with Crippen molar-refractivity contribution in [3.63, 3.8) is 0 Å². The summed E-state index contributed by atoms with van der Waals surface area (Å²) in [4.78, 5) is 22.9. The van der Waals surface area contributed by atoms with Crippen molar-refractivity contribution in [3.05, 3.63) is 65.7 Å². The first-order valence-electron chi connectivity index (χ1n) is 6.87. The van der Waals surface area contributed by atoms with Crippen LogP contribution in [0.15, 0.2) is 59.7 Å². The molecule has 0 atom stereocenters. The van der Waals surface area contributed by atoms with Crippen LogP contribution in [0.5, 0.6) is 5.75 Å². The summed E-state index contributed by atoms with van der Waals surface area (Å²) in [6.45, 7) is -0.122. The minimum absolute atomic E-state index is 0.122. The Hall–Kier alpha value is -3.15. The maximum Gasteiger partial charge on any atom is 0.337 e. The van der Waals surface area contributed by atoms with Gasteiger partial charge in [0.25, 0.3) is 5.91 Å². The molecule has 0 saturated heterocycles. The van der Waals surface area contributed by atoms with E-state index in [1.807, 2.05) is 18.2 Å². The van der Waals surface area contributed by atoms with E-state index in [0.717, 1.165) is 5.56 Å². The van der Waals surface area contributed by atoms with Gasteiger partial charge in [-0.1, -0.05) is 30.3 Å². The maximum atomic E-state index is 11.6. The van der Waals surface area contributed by atoms with Crippen molar-refractivity contribution in [1.82, 2.24) is 5.43 Å². The highest BCUT2D eigenvalue weighted by Crippen LogP contribution is 2.07. The lowest BCUT2D eigenvalue weighted by Crippen LogP contribution is -2.24. The Balaban J connectivity index is 1.79. The molecule has 0 aliphatic rings. The van der Waals surface area contributed by atoms with Crippen molar-refractivity contribution in [3.8, 4) is 5.75 Å². The molecule has 0 saturated carbocycles. The van der Waals surface area contributed by atoms with E-state index in [0.29, 0.717) is 11.3 Å². The fraction of sp³-hybridized carbons (Fsp3) is 0.118. The van der Waals surface area contributed by atoms with Crippen LogP contribution < -0.4 is 10.2 Å². The summed E-state index contributed by atoms with van der Waals surface area (Å²) >= 11 is 0. The number of para-hydroxylation sites is 1. The number of methoxy groups -OCH3 is 1. The first-order valence-corrected chi connectivity index (χ1v) is 6.87. The van der Waals surface area contributed by atoms with Gasteiger partial charge in [-0.15, -0.1) is 0 Å². The zero-order valence-electron chi connectivity index (χ0n) is 12.6. The summed E-state index contributed by atoms with van der Waals surface area (Å²) in [5.74, 6) is -0.152. The van der Waals surface area contributed by atoms with Gasteiger partial charge in [0.1, 0.15) is 5.75 Å². The monoisotopic (exact) mass is 312 g/mol. The molecule has 6 heteroatoms. The third kappa shape index (κ3) is 5.28. The molecular formula is C17H16N2O4. The third-order valence-electron chi connectivity index (χ3n) is 2.85. The summed E-state index contributed by atoms with van der Waals surface area (Å²) in [6.07, 6.45) is 1.47. The van der Waals surface area contributed by atoms with E-state index >= 15 is 0 Å². The molecule has 6 nitrogen and oxygen atoms in total. The summed E-state index contributed by atoms with van der Waals surface area (Å²) in [6, 6.07) is 15.7. The van der Waals surface area contributed by atoms with Gasteiger partial charge in [0.2, 0.25) is 0 Å². The Morgan fingerprint density at radius 1 is 1.09 bits per heavy atom. The van der Waals surface area contributed by atoms with Crippen LogP contribution in [-0.2, 0) is 9.53 Å². The Kier molecular flexibility index (Phi) is 5.88. The molecule has 0 bridgehead atoms. The molecule has 1 N–H and O–H groups in total. The second kappa shape index (κ2) is 8.33. The van der Waals surface area contributed by atoms with Crippen LogP contribution in [0.2, 0.25) is 0 Å². The molecule has 0 spiro atoms. The van der Waals surface area contributed by atoms with Gasteiger partial charge >= 0.3 is 5.97 Å². The van der Waals surface area contributed by atoms with Crippen LogP contribution in [0.3, 0.4) is 0 Å². The Morgan fingerprint density at radius 3 is 2.43 bits per heavy atom. The molecule has 118 valence electrons. The number of ether oxygens (including phenoxy) is 2. The van der Waals surface area contributed by atoms with E-state index in [9.17, 15) is 9.59 Å². The normalized spacial score (nSPS) is 10.3. The van der Waals surface area contributed by atoms with Crippen LogP contribution in [0, 0.1) is 0 Å². The van der Waals surface area contributed by atoms with Gasteiger partial charge in [-0.3, -0.25) is 4.79 Å². The third-order valence-corrected chi connectivity index (χ3v) is 2.85. The lowest BCUT2D eigenvalue weighted by molar-refractivity contribution is -0.123. The average molecular weight is 312 g/mol. The quantitative estimate of drug-likeness (QED) is 0.503. The highest BCUT2D eigenvalue weighted by molar-refractivity contribution is 5.90. The highest BCUT2D eigenvalue weighted by Gasteiger charge is 2.03. The van der Waals surface area contributed by atoms with E-state index in [1.54, 1.807) is 36.4 Å². The van der Waals surface area contributed by atoms with Crippen LogP contribution in [-0.4, -0.2) is 31.8 Å². The van der Waals surface area contributed by atoms with Gasteiger partial charge < -0.3 is 9.47 Å². The number of carbonyl (C=O) groups excluding carboxylic acids is 2. The van der Waals surface area contributed by atoms with Crippen molar-refractivity contribution in [1.29, 1.82) is 0 Å². The second-order valence-corrected chi connectivity index (χ2v) is 4.51. The molecule has 0 aliphatic carbocycles. The topological polar surface area (TPSA) is 77.0 Å². The van der Waals surface area contributed by atoms with Crippen molar-refractivity contribution < 1.29 is 19.1 Å². The Bertz CT molecular complexity index is 681. The van der Waals surface area contributed by atoms with Crippen molar-refractivity contribution in [2.24, 2.45) is 5.10 Å². The molecular weight excluding hydrogens is 296 g/mol. The fourth-order valence-electron chi connectivity index (χ4n) is 1.70. The summed E-state index contributed by atoms with van der Waals surface area (Å²) < 4.78 is 9.90. The number of amides is 1. The Labute approximate surface area is 133 Å². The van der Waals surface area contributed by atoms with E-state index in [2.05, 4.69) is 15.3 Å². The van der Waals surface area contributed by atoms with Crippen LogP contribution >= 0.6 is 0 Å². The highest BCUT2D eigenvalue weighted by atomic mass is 16.5. The van der Waals surface area contributed by atoms with Gasteiger partial charge in [-0.2, -0.15) is 5.10 Å². The summed E-state index contributed by atoms with van der Waals surface area (Å²) in [5.41, 5.74) is 3.55. The predicted octanol–water partition coefficient (Wildman–Crippen LogP) is 2.00. The zero-order valence-corrected chi connectivity index (χ0v) is 12.6. The largest absolute Gasteiger partial charge is 0.484 e. The predicted molar refractivity (Wildman–Crippen MR) is 85.5 cm³/mol. The number of carbonyl (C=O) groups is 2. The molecule has 2 aromatic carbocycles. The van der Waals surface area contributed by atoms with Gasteiger partial charge in [0.05, 0.1) is 18.9 Å². The molecule has 0 radical (unpaired) electrons. The number of esters is 1. The summed E-state index contributed by atoms with van der Waals surface area (Å²) in [5, 5.41) is 3.83. The molecule has 2 aromatic rings. The zero-order chi connectivity index (χ0) is 16.5. The Morgan fingerprint density at radius 2 is 1.78 bits per heavy atom. The van der Waals surface area contributed by atoms with Crippen LogP contribution in [0.4, 0.5) is 0 Å². The minimum Gasteiger partial charge on any atom is -0.484 e. The second-order valence-electron chi connectivity index (χ2n) is 4.51. The number of rotatable bonds is 6. The van der Waals surface area contributed by atoms with E-state index in [4.69, 9.17) is 4.74 Å². The van der Waals surface area contributed by atoms with Crippen molar-refractivity contribution >= 4 is 18.1 Å². The molecule has 23 heavy (non-hydrogen) atoms. The number of benzene rings is 2. The molecule has 0 unspecified atom stereocenters. The number of nitrogens with one attached hydrogen (secondary N) is 1. The number of hydrogen-bond donors (Lipinski definition) is 1. The first-order chi connectivity index (χ1) is 11.2. The fourth-order valence-corrected chi connectivity index (χ4v) is 1.70. The van der Waals surface area contributed by atoms with Crippen LogP contribution in [0.25, 0.3) is 0 Å². The van der Waals surface area contributed by atoms with Gasteiger partial charge in [-0.25, -0.2) is 10.2 Å². The molecule has 2 rings (SSSR count). The van der Waals surface area contributed by atoms with Crippen LogP contribution in [0.1, 0.15) is 15.9 Å². The smallest absolute Gasteiger partial charge is 0.337 e. The van der Waals surface area contributed by atoms with E-state index in [1.165, 1.54) is 13.3 Å². The van der Waals surface area contributed by atoms with E-state index < -0.39 is 5.97 Å². The van der Waals surface area contributed by atoms with Gasteiger partial charge in [0, 0.05) is 0 Å². The van der Waals surface area contributed by atoms with Crippen molar-refractivity contribution in [2.45, 2.75) is 0 Å². The minimum atomic E-state index is -0.403. The summed E-state index contributed by atoms with van der Waals surface area (Å²) in [7, 11) is 1.32. The standard InChI is InChI=1S/C17H16N2O4/c1-22-17(21)14-9-7-13(8-10-14)11-18-19-16(20)12-23-15-5-3-2-4-6-15/h2-11H,12H2,1H3,(H,19,20)/b18-11+. The van der Waals surface area contributed by atoms with Crippen molar-refractivity contribution in [2.75, 3.05) is 13.7 Å². The molecule has 0 heterocycles. The SMILES string of the molecule is COC(=O)c1ccc(/C=N/NC(=O)COc2ccccc2)cc1. The van der Waals surface area contributed by atoms with Gasteiger partial charge in [0.15, 0.2) is 6.61 Å². The molecule has 0 aliphatic heterocycles. The van der Waals surface area contributed by atoms with E-state index in [-0.39, 0.29) is 12.5 Å². The molecule has 0 aromatic heterocycles. The number of hydrogen-bond acceptors (Lipinski definition) is 5. The lowest BCUT2D eigenvalue weighted by atomic mass is 10.1. The number of nitrogens with zero attached hydrogens (tertiary/aromatic N) is 1. The molecule has 1 amide bonds. The molecule has 0 fully saturated rings.